The van der Waals surface area contributed by atoms with Crippen LogP contribution in [0.25, 0.3) is 10.2 Å². The van der Waals surface area contributed by atoms with Crippen molar-refractivity contribution in [3.8, 4) is 0 Å². The Balaban J connectivity index is 1.86. The van der Waals surface area contributed by atoms with Crippen LogP contribution in [0.2, 0.25) is 0 Å². The molecule has 102 valence electrons. The molecule has 0 aliphatic carbocycles. The smallest absolute Gasteiger partial charge is 0.0953 e. The van der Waals surface area contributed by atoms with Gasteiger partial charge < -0.3 is 0 Å². The molecule has 1 heterocycles. The van der Waals surface area contributed by atoms with Gasteiger partial charge in [0.2, 0.25) is 0 Å². The Bertz CT molecular complexity index is 700. The van der Waals surface area contributed by atoms with Gasteiger partial charge in [0.1, 0.15) is 0 Å². The summed E-state index contributed by atoms with van der Waals surface area (Å²) in [6.45, 7) is 0. The van der Waals surface area contributed by atoms with Crippen LogP contribution in [0.1, 0.15) is 15.4 Å². The molecule has 2 aromatic carbocycles. The number of benzene rings is 2. The Morgan fingerprint density at radius 3 is 2.45 bits per heavy atom. The SMILES string of the molecule is Brc1cc(Br)cc(C(Br)Cc2nc3ccccc3s2)c1. The van der Waals surface area contributed by atoms with E-state index in [0.717, 1.165) is 25.9 Å². The molecule has 0 saturated carbocycles. The molecule has 0 fully saturated rings. The summed E-state index contributed by atoms with van der Waals surface area (Å²) < 4.78 is 3.41. The molecule has 5 heteroatoms. The lowest BCUT2D eigenvalue weighted by molar-refractivity contribution is 0.936. The van der Waals surface area contributed by atoms with Gasteiger partial charge >= 0.3 is 0 Å². The van der Waals surface area contributed by atoms with E-state index in [1.54, 1.807) is 11.3 Å². The monoisotopic (exact) mass is 473 g/mol. The molecule has 1 aromatic heterocycles. The van der Waals surface area contributed by atoms with Crippen LogP contribution in [-0.2, 0) is 6.42 Å². The summed E-state index contributed by atoms with van der Waals surface area (Å²) in [5.41, 5.74) is 2.33. The minimum atomic E-state index is 0.261. The summed E-state index contributed by atoms with van der Waals surface area (Å²) >= 11 is 12.6. The highest BCUT2D eigenvalue weighted by atomic mass is 79.9. The standard InChI is InChI=1S/C15H10Br3NS/c16-10-5-9(6-11(17)7-10)12(18)8-15-19-13-3-1-2-4-14(13)20-15/h1-7,12H,8H2. The Labute approximate surface area is 146 Å². The lowest BCUT2D eigenvalue weighted by atomic mass is 10.1. The van der Waals surface area contributed by atoms with Crippen molar-refractivity contribution in [3.63, 3.8) is 0 Å². The van der Waals surface area contributed by atoms with E-state index in [2.05, 4.69) is 83.1 Å². The Kier molecular flexibility index (Phi) is 4.60. The number of hydrogen-bond donors (Lipinski definition) is 0. The minimum Gasteiger partial charge on any atom is -0.241 e. The zero-order valence-electron chi connectivity index (χ0n) is 10.3. The van der Waals surface area contributed by atoms with Crippen LogP contribution in [-0.4, -0.2) is 4.98 Å². The van der Waals surface area contributed by atoms with Crippen LogP contribution in [0, 0.1) is 0 Å². The van der Waals surface area contributed by atoms with Gasteiger partial charge in [-0.05, 0) is 35.9 Å². The molecular weight excluding hydrogens is 466 g/mol. The molecule has 0 aliphatic rings. The van der Waals surface area contributed by atoms with E-state index in [4.69, 9.17) is 0 Å². The average Bonchev–Trinajstić information content (AvgIpc) is 2.79. The van der Waals surface area contributed by atoms with Gasteiger partial charge in [-0.25, -0.2) is 4.98 Å². The maximum Gasteiger partial charge on any atom is 0.0953 e. The van der Waals surface area contributed by atoms with Gasteiger partial charge in [0.15, 0.2) is 0 Å². The highest BCUT2D eigenvalue weighted by molar-refractivity contribution is 9.11. The van der Waals surface area contributed by atoms with Crippen LogP contribution in [0.5, 0.6) is 0 Å². The van der Waals surface area contributed by atoms with E-state index in [1.807, 2.05) is 12.1 Å². The van der Waals surface area contributed by atoms with Gasteiger partial charge in [0.25, 0.3) is 0 Å². The van der Waals surface area contributed by atoms with Crippen molar-refractivity contribution < 1.29 is 0 Å². The van der Waals surface area contributed by atoms with Crippen LogP contribution in [0.3, 0.4) is 0 Å². The molecule has 0 N–H and O–H groups in total. The van der Waals surface area contributed by atoms with E-state index >= 15 is 0 Å². The quantitative estimate of drug-likeness (QED) is 0.394. The van der Waals surface area contributed by atoms with E-state index in [9.17, 15) is 0 Å². The van der Waals surface area contributed by atoms with E-state index < -0.39 is 0 Å². The summed E-state index contributed by atoms with van der Waals surface area (Å²) in [4.78, 5) is 4.95. The first kappa shape index (κ1) is 14.7. The first-order valence-corrected chi connectivity index (χ1v) is 9.38. The number of nitrogens with zero attached hydrogens (tertiary/aromatic N) is 1. The lowest BCUT2D eigenvalue weighted by Crippen LogP contribution is -1.95. The van der Waals surface area contributed by atoms with E-state index in [1.165, 1.54) is 10.3 Å². The fraction of sp³-hybridized carbons (Fsp3) is 0.133. The summed E-state index contributed by atoms with van der Waals surface area (Å²) in [5, 5.41) is 1.16. The van der Waals surface area contributed by atoms with Crippen molar-refractivity contribution in [1.82, 2.24) is 4.98 Å². The van der Waals surface area contributed by atoms with Gasteiger partial charge in [-0.3, -0.25) is 0 Å². The van der Waals surface area contributed by atoms with Crippen LogP contribution in [0.15, 0.2) is 51.4 Å². The normalized spacial score (nSPS) is 12.8. The molecule has 1 nitrogen and oxygen atoms in total. The number of hydrogen-bond acceptors (Lipinski definition) is 2. The van der Waals surface area contributed by atoms with Crippen molar-refractivity contribution in [1.29, 1.82) is 0 Å². The zero-order valence-corrected chi connectivity index (χ0v) is 15.9. The molecule has 0 spiro atoms. The Morgan fingerprint density at radius 1 is 1.05 bits per heavy atom. The largest absolute Gasteiger partial charge is 0.241 e. The molecule has 0 amide bonds. The third-order valence-electron chi connectivity index (χ3n) is 2.94. The topological polar surface area (TPSA) is 12.9 Å². The van der Waals surface area contributed by atoms with Gasteiger partial charge in [-0.15, -0.1) is 11.3 Å². The van der Waals surface area contributed by atoms with Crippen LogP contribution >= 0.6 is 59.1 Å². The van der Waals surface area contributed by atoms with Gasteiger partial charge in [0, 0.05) is 20.2 Å². The number of rotatable bonds is 3. The molecule has 0 bridgehead atoms. The number of halogens is 3. The van der Waals surface area contributed by atoms with Gasteiger partial charge in [-0.1, -0.05) is 59.9 Å². The second-order valence-electron chi connectivity index (χ2n) is 4.45. The third-order valence-corrected chi connectivity index (χ3v) is 5.77. The van der Waals surface area contributed by atoms with E-state index in [-0.39, 0.29) is 4.83 Å². The molecule has 0 saturated heterocycles. The molecule has 20 heavy (non-hydrogen) atoms. The molecule has 1 unspecified atom stereocenters. The summed E-state index contributed by atoms with van der Waals surface area (Å²) in [5.74, 6) is 0. The maximum absolute atomic E-state index is 4.69. The maximum atomic E-state index is 4.69. The highest BCUT2D eigenvalue weighted by Gasteiger charge is 2.13. The number of alkyl halides is 1. The number of thiazole rings is 1. The van der Waals surface area contributed by atoms with Crippen molar-refractivity contribution in [2.75, 3.05) is 0 Å². The zero-order chi connectivity index (χ0) is 14.1. The number of para-hydroxylation sites is 1. The first-order chi connectivity index (χ1) is 9.61. The van der Waals surface area contributed by atoms with E-state index in [0.29, 0.717) is 0 Å². The predicted molar refractivity (Wildman–Crippen MR) is 96.8 cm³/mol. The van der Waals surface area contributed by atoms with Crippen LogP contribution < -0.4 is 0 Å². The van der Waals surface area contributed by atoms with Crippen LogP contribution in [0.4, 0.5) is 0 Å². The van der Waals surface area contributed by atoms with Gasteiger partial charge in [0.05, 0.1) is 15.2 Å². The molecule has 0 aliphatic heterocycles. The molecular formula is C15H10Br3NS. The fourth-order valence-corrected chi connectivity index (χ4v) is 5.16. The lowest BCUT2D eigenvalue weighted by Gasteiger charge is -2.09. The summed E-state index contributed by atoms with van der Waals surface area (Å²) in [7, 11) is 0. The molecule has 3 aromatic rings. The average molecular weight is 476 g/mol. The van der Waals surface area contributed by atoms with Crippen molar-refractivity contribution in [3.05, 3.63) is 62.0 Å². The Hall–Kier alpha value is -0.230. The highest BCUT2D eigenvalue weighted by Crippen LogP contribution is 2.33. The van der Waals surface area contributed by atoms with Gasteiger partial charge in [-0.2, -0.15) is 0 Å². The number of fused-ring (bicyclic) bond motifs is 1. The second kappa shape index (κ2) is 6.26. The molecule has 1 atom stereocenters. The fourth-order valence-electron chi connectivity index (χ4n) is 2.03. The Morgan fingerprint density at radius 2 is 1.75 bits per heavy atom. The van der Waals surface area contributed by atoms with Crippen molar-refractivity contribution in [2.45, 2.75) is 11.2 Å². The molecule has 3 rings (SSSR count). The minimum absolute atomic E-state index is 0.261. The molecule has 0 radical (unpaired) electrons. The third kappa shape index (κ3) is 3.32. The van der Waals surface area contributed by atoms with Crippen molar-refractivity contribution >= 4 is 69.3 Å². The first-order valence-electron chi connectivity index (χ1n) is 6.06. The summed E-state index contributed by atoms with van der Waals surface area (Å²) in [6, 6.07) is 14.6. The second-order valence-corrected chi connectivity index (χ2v) is 8.50. The number of aromatic nitrogens is 1. The predicted octanol–water partition coefficient (Wildman–Crippen LogP) is 6.50. The summed E-state index contributed by atoms with van der Waals surface area (Å²) in [6.07, 6.45) is 0.891. The van der Waals surface area contributed by atoms with Crippen molar-refractivity contribution in [2.24, 2.45) is 0 Å².